The molecule has 1 fully saturated rings. The van der Waals surface area contributed by atoms with Gasteiger partial charge < -0.3 is 23.8 Å². The third kappa shape index (κ3) is 5.07. The summed E-state index contributed by atoms with van der Waals surface area (Å²) in [6.07, 6.45) is 2.07. The van der Waals surface area contributed by atoms with Crippen LogP contribution in [0.5, 0.6) is 23.0 Å². The number of hydrogen-bond donors (Lipinski definition) is 0. The van der Waals surface area contributed by atoms with Crippen LogP contribution in [-0.4, -0.2) is 66.1 Å². The van der Waals surface area contributed by atoms with Gasteiger partial charge in [-0.15, -0.1) is 0 Å². The molecule has 158 valence electrons. The predicted molar refractivity (Wildman–Crippen MR) is 116 cm³/mol. The van der Waals surface area contributed by atoms with Gasteiger partial charge in [0, 0.05) is 26.2 Å². The molecular formula is C23H32N2O4. The number of rotatable bonds is 9. The van der Waals surface area contributed by atoms with Gasteiger partial charge in [-0.2, -0.15) is 0 Å². The highest BCUT2D eigenvalue weighted by Gasteiger charge is 2.19. The Labute approximate surface area is 173 Å². The van der Waals surface area contributed by atoms with Crippen molar-refractivity contribution in [1.29, 1.82) is 0 Å². The molecule has 0 aromatic heterocycles. The molecule has 0 N–H and O–H groups in total. The number of hydrogen-bond acceptors (Lipinski definition) is 6. The summed E-state index contributed by atoms with van der Waals surface area (Å²) in [4.78, 5) is 4.94. The molecule has 3 rings (SSSR count). The Morgan fingerprint density at radius 1 is 0.759 bits per heavy atom. The molecule has 6 nitrogen and oxygen atoms in total. The first-order valence-electron chi connectivity index (χ1n) is 10.1. The van der Waals surface area contributed by atoms with Crippen molar-refractivity contribution in [2.45, 2.75) is 12.8 Å². The fraction of sp³-hybridized carbons (Fsp3) is 0.478. The maximum Gasteiger partial charge on any atom is 0.203 e. The second-order valence-corrected chi connectivity index (χ2v) is 7.14. The fourth-order valence-electron chi connectivity index (χ4n) is 3.89. The van der Waals surface area contributed by atoms with Crippen molar-refractivity contribution in [1.82, 2.24) is 4.90 Å². The highest BCUT2D eigenvalue weighted by molar-refractivity contribution is 5.58. The van der Waals surface area contributed by atoms with Gasteiger partial charge in [-0.1, -0.05) is 12.1 Å². The van der Waals surface area contributed by atoms with E-state index in [2.05, 4.69) is 21.9 Å². The van der Waals surface area contributed by atoms with E-state index in [1.54, 1.807) is 28.4 Å². The van der Waals surface area contributed by atoms with Crippen molar-refractivity contribution in [3.8, 4) is 23.0 Å². The first kappa shape index (κ1) is 21.1. The number of piperazine rings is 1. The van der Waals surface area contributed by atoms with Crippen LogP contribution in [0.25, 0.3) is 0 Å². The number of benzene rings is 2. The molecule has 2 aromatic rings. The monoisotopic (exact) mass is 400 g/mol. The largest absolute Gasteiger partial charge is 0.495 e. The molecule has 2 aromatic carbocycles. The van der Waals surface area contributed by atoms with Gasteiger partial charge in [0.1, 0.15) is 5.75 Å². The molecule has 29 heavy (non-hydrogen) atoms. The molecule has 0 unspecified atom stereocenters. The minimum Gasteiger partial charge on any atom is -0.495 e. The van der Waals surface area contributed by atoms with Crippen molar-refractivity contribution in [3.05, 3.63) is 42.0 Å². The Balaban J connectivity index is 1.51. The zero-order valence-corrected chi connectivity index (χ0v) is 17.9. The van der Waals surface area contributed by atoms with E-state index in [0.29, 0.717) is 17.2 Å². The van der Waals surface area contributed by atoms with Gasteiger partial charge in [0.05, 0.1) is 34.1 Å². The lowest BCUT2D eigenvalue weighted by Gasteiger charge is -2.36. The number of ether oxygens (including phenoxy) is 4. The molecule has 0 atom stereocenters. The minimum atomic E-state index is 0.645. The average Bonchev–Trinajstić information content (AvgIpc) is 2.78. The van der Waals surface area contributed by atoms with Gasteiger partial charge in [-0.3, -0.25) is 4.90 Å². The van der Waals surface area contributed by atoms with E-state index in [0.717, 1.165) is 51.3 Å². The second kappa shape index (κ2) is 10.3. The van der Waals surface area contributed by atoms with Crippen molar-refractivity contribution < 1.29 is 18.9 Å². The topological polar surface area (TPSA) is 43.4 Å². The van der Waals surface area contributed by atoms with Gasteiger partial charge in [0.15, 0.2) is 11.5 Å². The van der Waals surface area contributed by atoms with Gasteiger partial charge in [-0.25, -0.2) is 0 Å². The van der Waals surface area contributed by atoms with E-state index >= 15 is 0 Å². The van der Waals surface area contributed by atoms with Crippen LogP contribution in [0.4, 0.5) is 5.69 Å². The van der Waals surface area contributed by atoms with Crippen LogP contribution in [-0.2, 0) is 6.42 Å². The lowest BCUT2D eigenvalue weighted by molar-refractivity contribution is 0.254. The summed E-state index contributed by atoms with van der Waals surface area (Å²) < 4.78 is 21.8. The van der Waals surface area contributed by atoms with E-state index < -0.39 is 0 Å². The quantitative estimate of drug-likeness (QED) is 0.642. The molecule has 1 saturated heterocycles. The lowest BCUT2D eigenvalue weighted by atomic mass is 10.1. The minimum absolute atomic E-state index is 0.645. The summed E-state index contributed by atoms with van der Waals surface area (Å²) in [6.45, 7) is 5.24. The molecule has 1 heterocycles. The second-order valence-electron chi connectivity index (χ2n) is 7.14. The maximum absolute atomic E-state index is 5.51. The first-order valence-corrected chi connectivity index (χ1v) is 10.1. The van der Waals surface area contributed by atoms with Crippen molar-refractivity contribution in [3.63, 3.8) is 0 Å². The average molecular weight is 401 g/mol. The number of nitrogens with zero attached hydrogens (tertiary/aromatic N) is 2. The van der Waals surface area contributed by atoms with Crippen LogP contribution >= 0.6 is 0 Å². The van der Waals surface area contributed by atoms with E-state index in [9.17, 15) is 0 Å². The Morgan fingerprint density at radius 3 is 1.97 bits per heavy atom. The number of methoxy groups -OCH3 is 4. The molecule has 0 amide bonds. The van der Waals surface area contributed by atoms with Crippen LogP contribution in [0.1, 0.15) is 12.0 Å². The zero-order valence-electron chi connectivity index (χ0n) is 17.9. The van der Waals surface area contributed by atoms with Gasteiger partial charge >= 0.3 is 0 Å². The summed E-state index contributed by atoms with van der Waals surface area (Å²) in [5.74, 6) is 3.02. The van der Waals surface area contributed by atoms with E-state index in [4.69, 9.17) is 18.9 Å². The third-order valence-electron chi connectivity index (χ3n) is 5.46. The van der Waals surface area contributed by atoms with Crippen LogP contribution in [0.2, 0.25) is 0 Å². The van der Waals surface area contributed by atoms with E-state index in [1.807, 2.05) is 24.3 Å². The molecule has 1 aliphatic heterocycles. The van der Waals surface area contributed by atoms with E-state index in [-0.39, 0.29) is 0 Å². The molecule has 0 bridgehead atoms. The van der Waals surface area contributed by atoms with Gasteiger partial charge in [-0.05, 0) is 49.2 Å². The smallest absolute Gasteiger partial charge is 0.203 e. The van der Waals surface area contributed by atoms with Crippen molar-refractivity contribution in [2.24, 2.45) is 0 Å². The summed E-state index contributed by atoms with van der Waals surface area (Å²) in [5, 5.41) is 0. The number of aryl methyl sites for hydroxylation is 1. The molecule has 0 radical (unpaired) electrons. The predicted octanol–water partition coefficient (Wildman–Crippen LogP) is 3.48. The fourth-order valence-corrected chi connectivity index (χ4v) is 3.89. The summed E-state index contributed by atoms with van der Waals surface area (Å²) in [5.41, 5.74) is 2.39. The number of para-hydroxylation sites is 2. The molecule has 6 heteroatoms. The lowest BCUT2D eigenvalue weighted by Crippen LogP contribution is -2.46. The van der Waals surface area contributed by atoms with Crippen molar-refractivity contribution in [2.75, 3.05) is 66.1 Å². The summed E-state index contributed by atoms with van der Waals surface area (Å²) in [6, 6.07) is 12.3. The van der Waals surface area contributed by atoms with Gasteiger partial charge in [0.25, 0.3) is 0 Å². The normalized spacial score (nSPS) is 14.6. The Kier molecular flexibility index (Phi) is 7.47. The van der Waals surface area contributed by atoms with Gasteiger partial charge in [0.2, 0.25) is 5.75 Å². The highest BCUT2D eigenvalue weighted by atomic mass is 16.5. The van der Waals surface area contributed by atoms with Crippen molar-refractivity contribution >= 4 is 5.69 Å². The highest BCUT2D eigenvalue weighted by Crippen LogP contribution is 2.38. The standard InChI is InChI=1S/C23H32N2O4/c1-26-20-10-6-5-9-19(20)25-14-12-24(13-15-25)11-7-8-18-16-21(27-2)23(29-4)22(17-18)28-3/h5-6,9-10,16-17H,7-8,11-15H2,1-4H3. The van der Waals surface area contributed by atoms with Crippen LogP contribution in [0.3, 0.4) is 0 Å². The number of anilines is 1. The van der Waals surface area contributed by atoms with Crippen LogP contribution < -0.4 is 23.8 Å². The maximum atomic E-state index is 5.51. The van der Waals surface area contributed by atoms with E-state index in [1.165, 1.54) is 11.3 Å². The third-order valence-corrected chi connectivity index (χ3v) is 5.46. The molecule has 0 saturated carbocycles. The molecular weight excluding hydrogens is 368 g/mol. The molecule has 1 aliphatic rings. The van der Waals surface area contributed by atoms with Crippen LogP contribution in [0, 0.1) is 0 Å². The first-order chi connectivity index (χ1) is 14.2. The zero-order chi connectivity index (χ0) is 20.6. The summed E-state index contributed by atoms with van der Waals surface area (Å²) in [7, 11) is 6.67. The molecule has 0 spiro atoms. The Hall–Kier alpha value is -2.60. The van der Waals surface area contributed by atoms with Crippen LogP contribution in [0.15, 0.2) is 36.4 Å². The summed E-state index contributed by atoms with van der Waals surface area (Å²) >= 11 is 0. The SMILES string of the molecule is COc1ccccc1N1CCN(CCCc2cc(OC)c(OC)c(OC)c2)CC1. The molecule has 0 aliphatic carbocycles. The Morgan fingerprint density at radius 2 is 1.38 bits per heavy atom. The Bertz CT molecular complexity index is 763.